The Morgan fingerprint density at radius 2 is 1.95 bits per heavy atom. The van der Waals surface area contributed by atoms with Crippen LogP contribution in [0.1, 0.15) is 5.56 Å². The molecule has 0 amide bonds. The van der Waals surface area contributed by atoms with Crippen molar-refractivity contribution >= 4 is 28.7 Å². The summed E-state index contributed by atoms with van der Waals surface area (Å²) in [5.41, 5.74) is 7.24. The van der Waals surface area contributed by atoms with E-state index in [0.29, 0.717) is 24.0 Å². The first kappa shape index (κ1) is 12.7. The van der Waals surface area contributed by atoms with Crippen LogP contribution in [0.25, 0.3) is 0 Å². The largest absolute Gasteiger partial charge is 0.486 e. The average Bonchev–Trinajstić information content (AvgIpc) is 2.47. The Labute approximate surface area is 121 Å². The van der Waals surface area contributed by atoms with Gasteiger partial charge in [-0.2, -0.15) is 0 Å². The lowest BCUT2D eigenvalue weighted by Gasteiger charge is -2.19. The van der Waals surface area contributed by atoms with E-state index in [1.807, 2.05) is 18.2 Å². The van der Waals surface area contributed by atoms with E-state index in [9.17, 15) is 0 Å². The van der Waals surface area contributed by atoms with E-state index in [2.05, 4.69) is 10.3 Å². The molecule has 0 unspecified atom stereocenters. The maximum atomic E-state index is 5.61. The van der Waals surface area contributed by atoms with Crippen LogP contribution in [-0.4, -0.2) is 23.2 Å². The number of ether oxygens (including phenoxy) is 2. The highest BCUT2D eigenvalue weighted by molar-refractivity contribution is 7.80. The van der Waals surface area contributed by atoms with E-state index in [1.165, 1.54) is 0 Å². The number of aromatic nitrogens is 1. The van der Waals surface area contributed by atoms with Crippen LogP contribution in [0.15, 0.2) is 36.5 Å². The standard InChI is InChI=1S/C14H13N3O2S/c15-14(20)9-3-4-16-13(7-9)17-10-1-2-11-12(8-10)19-6-5-18-11/h1-4,7-8H,5-6H2,(H2,15,20)(H,16,17). The fourth-order valence-electron chi connectivity index (χ4n) is 1.92. The predicted octanol–water partition coefficient (Wildman–Crippen LogP) is 2.23. The lowest BCUT2D eigenvalue weighted by Crippen LogP contribution is -2.15. The first-order valence-electron chi connectivity index (χ1n) is 6.15. The van der Waals surface area contributed by atoms with Gasteiger partial charge < -0.3 is 20.5 Å². The maximum Gasteiger partial charge on any atom is 0.163 e. The van der Waals surface area contributed by atoms with E-state index >= 15 is 0 Å². The molecule has 1 aromatic carbocycles. The molecule has 0 saturated heterocycles. The number of pyridine rings is 1. The highest BCUT2D eigenvalue weighted by Gasteiger charge is 2.11. The first-order chi connectivity index (χ1) is 9.72. The smallest absolute Gasteiger partial charge is 0.163 e. The van der Waals surface area contributed by atoms with E-state index in [4.69, 9.17) is 27.4 Å². The number of nitrogens with zero attached hydrogens (tertiary/aromatic N) is 1. The van der Waals surface area contributed by atoms with Crippen LogP contribution in [-0.2, 0) is 0 Å². The van der Waals surface area contributed by atoms with Crippen LogP contribution >= 0.6 is 12.2 Å². The molecule has 20 heavy (non-hydrogen) atoms. The van der Waals surface area contributed by atoms with Crippen molar-refractivity contribution in [2.24, 2.45) is 5.73 Å². The summed E-state index contributed by atoms with van der Waals surface area (Å²) < 4.78 is 11.0. The predicted molar refractivity (Wildman–Crippen MR) is 80.8 cm³/mol. The monoisotopic (exact) mass is 287 g/mol. The van der Waals surface area contributed by atoms with Gasteiger partial charge in [0.25, 0.3) is 0 Å². The Balaban J connectivity index is 1.84. The van der Waals surface area contributed by atoms with Crippen LogP contribution in [0.4, 0.5) is 11.5 Å². The third-order valence-electron chi connectivity index (χ3n) is 2.86. The molecule has 1 aliphatic heterocycles. The first-order valence-corrected chi connectivity index (χ1v) is 6.56. The van der Waals surface area contributed by atoms with E-state index in [0.717, 1.165) is 22.7 Å². The van der Waals surface area contributed by atoms with Crippen LogP contribution in [0.2, 0.25) is 0 Å². The Kier molecular flexibility index (Phi) is 3.39. The van der Waals surface area contributed by atoms with Crippen molar-refractivity contribution in [3.05, 3.63) is 42.1 Å². The molecule has 2 aromatic rings. The SMILES string of the molecule is NC(=S)c1ccnc(Nc2ccc3c(c2)OCCO3)c1. The molecule has 1 aromatic heterocycles. The Hall–Kier alpha value is -2.34. The minimum Gasteiger partial charge on any atom is -0.486 e. The second-order valence-electron chi connectivity index (χ2n) is 4.28. The van der Waals surface area contributed by atoms with Gasteiger partial charge in [-0.15, -0.1) is 0 Å². The molecule has 3 rings (SSSR count). The molecule has 0 spiro atoms. The van der Waals surface area contributed by atoms with E-state index in [-0.39, 0.29) is 0 Å². The number of anilines is 2. The summed E-state index contributed by atoms with van der Waals surface area (Å²) >= 11 is 4.95. The Morgan fingerprint density at radius 3 is 2.75 bits per heavy atom. The van der Waals surface area contributed by atoms with Crippen molar-refractivity contribution in [2.45, 2.75) is 0 Å². The van der Waals surface area contributed by atoms with Gasteiger partial charge in [-0.1, -0.05) is 12.2 Å². The second-order valence-corrected chi connectivity index (χ2v) is 4.72. The molecule has 1 aliphatic rings. The van der Waals surface area contributed by atoms with Crippen LogP contribution in [0.5, 0.6) is 11.5 Å². The molecule has 0 radical (unpaired) electrons. The number of rotatable bonds is 3. The zero-order chi connectivity index (χ0) is 13.9. The zero-order valence-electron chi connectivity index (χ0n) is 10.6. The number of nitrogens with one attached hydrogen (secondary N) is 1. The van der Waals surface area contributed by atoms with Crippen molar-refractivity contribution in [3.8, 4) is 11.5 Å². The van der Waals surface area contributed by atoms with Crippen LogP contribution < -0.4 is 20.5 Å². The van der Waals surface area contributed by atoms with E-state index < -0.39 is 0 Å². The number of hydrogen-bond acceptors (Lipinski definition) is 5. The van der Waals surface area contributed by atoms with Gasteiger partial charge in [0, 0.05) is 23.5 Å². The summed E-state index contributed by atoms with van der Waals surface area (Å²) in [4.78, 5) is 4.58. The normalized spacial score (nSPS) is 12.8. The second kappa shape index (κ2) is 5.34. The average molecular weight is 287 g/mol. The van der Waals surface area contributed by atoms with Crippen molar-refractivity contribution in [2.75, 3.05) is 18.5 Å². The van der Waals surface area contributed by atoms with Crippen molar-refractivity contribution in [1.29, 1.82) is 0 Å². The summed E-state index contributed by atoms with van der Waals surface area (Å²) in [7, 11) is 0. The summed E-state index contributed by atoms with van der Waals surface area (Å²) in [5.74, 6) is 2.16. The molecule has 6 heteroatoms. The van der Waals surface area contributed by atoms with Gasteiger partial charge >= 0.3 is 0 Å². The molecule has 102 valence electrons. The lowest BCUT2D eigenvalue weighted by atomic mass is 10.2. The highest BCUT2D eigenvalue weighted by atomic mass is 32.1. The third kappa shape index (κ3) is 2.65. The number of thiocarbonyl (C=S) groups is 1. The van der Waals surface area contributed by atoms with Crippen molar-refractivity contribution in [3.63, 3.8) is 0 Å². The molecule has 3 N–H and O–H groups in total. The summed E-state index contributed by atoms with van der Waals surface area (Å²) in [5, 5.41) is 3.19. The van der Waals surface area contributed by atoms with Crippen LogP contribution in [0, 0.1) is 0 Å². The minimum atomic E-state index is 0.345. The zero-order valence-corrected chi connectivity index (χ0v) is 11.4. The van der Waals surface area contributed by atoms with Crippen LogP contribution in [0.3, 0.4) is 0 Å². The van der Waals surface area contributed by atoms with Gasteiger partial charge in [0.2, 0.25) is 0 Å². The highest BCUT2D eigenvalue weighted by Crippen LogP contribution is 2.33. The number of benzene rings is 1. The number of hydrogen-bond donors (Lipinski definition) is 2. The molecule has 0 saturated carbocycles. The molecule has 2 heterocycles. The molecule has 0 atom stereocenters. The molecular formula is C14H13N3O2S. The summed E-state index contributed by atoms with van der Waals surface area (Å²) in [6, 6.07) is 9.23. The fourth-order valence-corrected chi connectivity index (χ4v) is 2.05. The minimum absolute atomic E-state index is 0.345. The van der Waals surface area contributed by atoms with Crippen molar-refractivity contribution < 1.29 is 9.47 Å². The molecule has 0 aliphatic carbocycles. The van der Waals surface area contributed by atoms with E-state index in [1.54, 1.807) is 18.3 Å². The fraction of sp³-hybridized carbons (Fsp3) is 0.143. The summed E-state index contributed by atoms with van der Waals surface area (Å²) in [6.45, 7) is 1.14. The Morgan fingerprint density at radius 1 is 1.15 bits per heavy atom. The quantitative estimate of drug-likeness (QED) is 0.844. The molecule has 5 nitrogen and oxygen atoms in total. The third-order valence-corrected chi connectivity index (χ3v) is 3.09. The number of nitrogens with two attached hydrogens (primary N) is 1. The topological polar surface area (TPSA) is 69.4 Å². The molecule has 0 bridgehead atoms. The molecule has 0 fully saturated rings. The maximum absolute atomic E-state index is 5.61. The van der Waals surface area contributed by atoms with Gasteiger partial charge in [0.05, 0.1) is 0 Å². The number of fused-ring (bicyclic) bond motifs is 1. The van der Waals surface area contributed by atoms with Crippen molar-refractivity contribution in [1.82, 2.24) is 4.98 Å². The Bertz CT molecular complexity index is 661. The van der Waals surface area contributed by atoms with Gasteiger partial charge in [-0.25, -0.2) is 4.98 Å². The summed E-state index contributed by atoms with van der Waals surface area (Å²) in [6.07, 6.45) is 1.66. The van der Waals surface area contributed by atoms with Gasteiger partial charge in [0.15, 0.2) is 11.5 Å². The van der Waals surface area contributed by atoms with Gasteiger partial charge in [0.1, 0.15) is 24.0 Å². The lowest BCUT2D eigenvalue weighted by molar-refractivity contribution is 0.171. The van der Waals surface area contributed by atoms with Gasteiger partial charge in [-0.3, -0.25) is 0 Å². The van der Waals surface area contributed by atoms with Gasteiger partial charge in [-0.05, 0) is 24.3 Å². The molecular weight excluding hydrogens is 274 g/mol.